The zero-order valence-electron chi connectivity index (χ0n) is 13.7. The van der Waals surface area contributed by atoms with Crippen LogP contribution < -0.4 is 0 Å². The quantitative estimate of drug-likeness (QED) is 0.557. The van der Waals surface area contributed by atoms with Crippen molar-refractivity contribution in [3.63, 3.8) is 0 Å². The third-order valence-electron chi connectivity index (χ3n) is 4.23. The Morgan fingerprint density at radius 3 is 2.54 bits per heavy atom. The summed E-state index contributed by atoms with van der Waals surface area (Å²) in [6.07, 6.45) is 0.592. The smallest absolute Gasteiger partial charge is 0.258 e. The zero-order chi connectivity index (χ0) is 18.7. The predicted molar refractivity (Wildman–Crippen MR) is 103 cm³/mol. The Balaban J connectivity index is 1.85. The summed E-state index contributed by atoms with van der Waals surface area (Å²) in [5, 5.41) is 12.0. The van der Waals surface area contributed by atoms with Crippen molar-refractivity contribution >= 4 is 39.1 Å². The molecule has 1 unspecified atom stereocenters. The first-order valence-corrected chi connectivity index (χ1v) is 10.9. The van der Waals surface area contributed by atoms with Gasteiger partial charge in [-0.15, -0.1) is 0 Å². The molecule has 0 N–H and O–H groups in total. The number of sulfonamides is 1. The maximum absolute atomic E-state index is 13.0. The van der Waals surface area contributed by atoms with Crippen molar-refractivity contribution in [2.45, 2.75) is 16.6 Å². The minimum absolute atomic E-state index is 0.0923. The Bertz CT molecular complexity index is 920. The maximum atomic E-state index is 13.0. The van der Waals surface area contributed by atoms with Crippen LogP contribution in [-0.4, -0.2) is 36.5 Å². The fourth-order valence-electron chi connectivity index (χ4n) is 2.94. The number of halogens is 1. The number of hydrogen-bond donors (Lipinski definition) is 0. The van der Waals surface area contributed by atoms with E-state index in [-0.39, 0.29) is 16.7 Å². The summed E-state index contributed by atoms with van der Waals surface area (Å²) in [7, 11) is -3.93. The molecule has 2 aromatic carbocycles. The van der Waals surface area contributed by atoms with Crippen molar-refractivity contribution in [1.29, 1.82) is 0 Å². The van der Waals surface area contributed by atoms with E-state index in [4.69, 9.17) is 11.6 Å². The molecule has 1 aliphatic heterocycles. The van der Waals surface area contributed by atoms with Crippen LogP contribution in [-0.2, 0) is 10.0 Å². The Labute approximate surface area is 161 Å². The molecule has 1 saturated heterocycles. The molecule has 138 valence electrons. The van der Waals surface area contributed by atoms with E-state index in [2.05, 4.69) is 0 Å². The fraction of sp³-hybridized carbons (Fsp3) is 0.294. The molecule has 0 bridgehead atoms. The van der Waals surface area contributed by atoms with E-state index in [1.54, 1.807) is 11.8 Å². The predicted octanol–water partition coefficient (Wildman–Crippen LogP) is 4.12. The lowest BCUT2D eigenvalue weighted by molar-refractivity contribution is -0.387. The Morgan fingerprint density at radius 1 is 1.12 bits per heavy atom. The molecule has 26 heavy (non-hydrogen) atoms. The van der Waals surface area contributed by atoms with Crippen molar-refractivity contribution < 1.29 is 13.3 Å². The van der Waals surface area contributed by atoms with Gasteiger partial charge in [-0.1, -0.05) is 41.9 Å². The third kappa shape index (κ3) is 3.88. The van der Waals surface area contributed by atoms with Crippen LogP contribution in [0.1, 0.15) is 17.2 Å². The van der Waals surface area contributed by atoms with Crippen molar-refractivity contribution in [2.24, 2.45) is 0 Å². The highest BCUT2D eigenvalue weighted by Crippen LogP contribution is 2.39. The average Bonchev–Trinajstić information content (AvgIpc) is 2.88. The van der Waals surface area contributed by atoms with E-state index in [9.17, 15) is 18.5 Å². The first-order valence-electron chi connectivity index (χ1n) is 8.01. The first-order chi connectivity index (χ1) is 12.4. The molecule has 0 spiro atoms. The fourth-order valence-corrected chi connectivity index (χ4v) is 6.27. The van der Waals surface area contributed by atoms with Crippen LogP contribution in [0, 0.1) is 10.1 Å². The monoisotopic (exact) mass is 412 g/mol. The molecule has 0 radical (unpaired) electrons. The minimum Gasteiger partial charge on any atom is -0.258 e. The van der Waals surface area contributed by atoms with Gasteiger partial charge in [0.1, 0.15) is 0 Å². The Morgan fingerprint density at radius 2 is 1.81 bits per heavy atom. The molecule has 9 heteroatoms. The van der Waals surface area contributed by atoms with Gasteiger partial charge in [0.25, 0.3) is 5.69 Å². The topological polar surface area (TPSA) is 80.5 Å². The van der Waals surface area contributed by atoms with Gasteiger partial charge in [-0.05, 0) is 24.1 Å². The summed E-state index contributed by atoms with van der Waals surface area (Å²) < 4.78 is 27.3. The lowest BCUT2D eigenvalue weighted by Gasteiger charge is -2.20. The van der Waals surface area contributed by atoms with E-state index in [1.165, 1.54) is 28.6 Å². The summed E-state index contributed by atoms with van der Waals surface area (Å²) in [5.41, 5.74) is 0.594. The van der Waals surface area contributed by atoms with Gasteiger partial charge in [0, 0.05) is 35.2 Å². The van der Waals surface area contributed by atoms with Crippen LogP contribution in [0.25, 0.3) is 0 Å². The van der Waals surface area contributed by atoms with Crippen LogP contribution in [0.2, 0.25) is 5.02 Å². The largest absolute Gasteiger partial charge is 0.289 e. The summed E-state index contributed by atoms with van der Waals surface area (Å²) in [6.45, 7) is 0.595. The second kappa shape index (κ2) is 7.96. The van der Waals surface area contributed by atoms with Gasteiger partial charge >= 0.3 is 0 Å². The molecule has 0 amide bonds. The molecular weight excluding hydrogens is 396 g/mol. The average molecular weight is 413 g/mol. The number of benzene rings is 2. The summed E-state index contributed by atoms with van der Waals surface area (Å²) in [5.74, 6) is 0.593. The number of nitro groups is 1. The number of hydrogen-bond acceptors (Lipinski definition) is 5. The van der Waals surface area contributed by atoms with Gasteiger partial charge in [0.05, 0.1) is 4.92 Å². The van der Waals surface area contributed by atoms with Crippen LogP contribution >= 0.6 is 23.4 Å². The van der Waals surface area contributed by atoms with E-state index < -0.39 is 20.6 Å². The molecule has 0 aliphatic carbocycles. The van der Waals surface area contributed by atoms with Gasteiger partial charge in [0.15, 0.2) is 4.90 Å². The first kappa shape index (κ1) is 19.2. The van der Waals surface area contributed by atoms with Gasteiger partial charge in [0.2, 0.25) is 10.0 Å². The number of nitrogens with zero attached hydrogens (tertiary/aromatic N) is 2. The number of thioether (sulfide) groups is 1. The lowest BCUT2D eigenvalue weighted by Crippen LogP contribution is -2.33. The number of rotatable bonds is 4. The number of para-hydroxylation sites is 1. The van der Waals surface area contributed by atoms with E-state index in [1.807, 2.05) is 24.3 Å². The lowest BCUT2D eigenvalue weighted by atomic mass is 10.1. The van der Waals surface area contributed by atoms with Gasteiger partial charge in [-0.2, -0.15) is 16.1 Å². The summed E-state index contributed by atoms with van der Waals surface area (Å²) in [4.78, 5) is 10.3. The highest BCUT2D eigenvalue weighted by molar-refractivity contribution is 7.99. The molecule has 1 atom stereocenters. The molecule has 1 aliphatic rings. The van der Waals surface area contributed by atoms with Crippen LogP contribution in [0.5, 0.6) is 0 Å². The van der Waals surface area contributed by atoms with Crippen molar-refractivity contribution in [2.75, 3.05) is 18.8 Å². The van der Waals surface area contributed by atoms with Crippen molar-refractivity contribution in [3.05, 3.63) is 69.2 Å². The highest BCUT2D eigenvalue weighted by Gasteiger charge is 2.33. The highest BCUT2D eigenvalue weighted by atomic mass is 35.5. The van der Waals surface area contributed by atoms with Gasteiger partial charge in [-0.25, -0.2) is 8.42 Å². The van der Waals surface area contributed by atoms with Crippen LogP contribution in [0.4, 0.5) is 5.69 Å². The second-order valence-electron chi connectivity index (χ2n) is 5.80. The molecule has 0 saturated carbocycles. The Kier molecular flexibility index (Phi) is 5.86. The number of nitro benzene ring substituents is 1. The molecule has 0 aromatic heterocycles. The normalized spacial score (nSPS) is 19.0. The molecule has 1 heterocycles. The summed E-state index contributed by atoms with van der Waals surface area (Å²) in [6, 6.07) is 13.0. The summed E-state index contributed by atoms with van der Waals surface area (Å²) >= 11 is 7.92. The molecular formula is C17H17ClN2O4S2. The zero-order valence-corrected chi connectivity index (χ0v) is 16.1. The standard InChI is InChI=1S/C17H17ClN2O4S2/c18-14-6-2-1-5-13(14)16-9-10-19(11-12-25-16)26(23,24)17-8-4-3-7-15(17)20(21)22/h1-8,16H,9-12H2. The second-order valence-corrected chi connectivity index (χ2v) is 9.42. The van der Waals surface area contributed by atoms with Crippen molar-refractivity contribution in [3.8, 4) is 0 Å². The van der Waals surface area contributed by atoms with Crippen LogP contribution in [0.15, 0.2) is 53.4 Å². The van der Waals surface area contributed by atoms with Crippen LogP contribution in [0.3, 0.4) is 0 Å². The molecule has 2 aromatic rings. The van der Waals surface area contributed by atoms with E-state index in [0.29, 0.717) is 23.7 Å². The Hall–Kier alpha value is -1.61. The molecule has 3 rings (SSSR count). The SMILES string of the molecule is O=[N+]([O-])c1ccccc1S(=O)(=O)N1CCSC(c2ccccc2Cl)CC1. The van der Waals surface area contributed by atoms with E-state index >= 15 is 0 Å². The third-order valence-corrected chi connectivity index (χ3v) is 7.83. The van der Waals surface area contributed by atoms with Crippen molar-refractivity contribution in [1.82, 2.24) is 4.31 Å². The van der Waals surface area contributed by atoms with Gasteiger partial charge in [-0.3, -0.25) is 10.1 Å². The minimum atomic E-state index is -3.93. The van der Waals surface area contributed by atoms with Gasteiger partial charge < -0.3 is 0 Å². The van der Waals surface area contributed by atoms with E-state index in [0.717, 1.165) is 5.56 Å². The molecule has 6 nitrogen and oxygen atoms in total. The maximum Gasteiger partial charge on any atom is 0.289 e. The molecule has 1 fully saturated rings.